The first-order valence-electron chi connectivity index (χ1n) is 13.8. The Morgan fingerprint density at radius 3 is 1.97 bits per heavy atom. The fourth-order valence-corrected chi connectivity index (χ4v) is 5.71. The SMILES string of the molecule is CCCCCCCCCCCC1CC(C(=O)O)CCC1(CCCCCCC(C)C)C(=O)O. The molecule has 32 heavy (non-hydrogen) atoms. The smallest absolute Gasteiger partial charge is 0.309 e. The monoisotopic (exact) mass is 452 g/mol. The van der Waals surface area contributed by atoms with Crippen LogP contribution in [0, 0.1) is 23.2 Å². The summed E-state index contributed by atoms with van der Waals surface area (Å²) in [5, 5.41) is 19.8. The van der Waals surface area contributed by atoms with Crippen LogP contribution < -0.4 is 0 Å². The number of hydrogen-bond donors (Lipinski definition) is 2. The van der Waals surface area contributed by atoms with Crippen molar-refractivity contribution in [3.05, 3.63) is 0 Å². The summed E-state index contributed by atoms with van der Waals surface area (Å²) in [6.45, 7) is 6.74. The molecule has 0 amide bonds. The molecule has 0 radical (unpaired) electrons. The van der Waals surface area contributed by atoms with E-state index in [1.807, 2.05) is 0 Å². The molecule has 1 saturated carbocycles. The molecule has 0 aliphatic heterocycles. The molecule has 4 heteroatoms. The van der Waals surface area contributed by atoms with Crippen LogP contribution in [0.3, 0.4) is 0 Å². The van der Waals surface area contributed by atoms with Crippen LogP contribution in [0.1, 0.15) is 143 Å². The third-order valence-corrected chi connectivity index (χ3v) is 7.88. The van der Waals surface area contributed by atoms with Crippen LogP contribution in [0.5, 0.6) is 0 Å². The predicted molar refractivity (Wildman–Crippen MR) is 133 cm³/mol. The average molecular weight is 453 g/mol. The summed E-state index contributed by atoms with van der Waals surface area (Å²) in [6, 6.07) is 0. The van der Waals surface area contributed by atoms with Gasteiger partial charge in [-0.15, -0.1) is 0 Å². The lowest BCUT2D eigenvalue weighted by Crippen LogP contribution is -2.44. The second-order valence-electron chi connectivity index (χ2n) is 10.9. The van der Waals surface area contributed by atoms with Crippen LogP contribution in [-0.2, 0) is 9.59 Å². The van der Waals surface area contributed by atoms with Gasteiger partial charge in [0.25, 0.3) is 0 Å². The van der Waals surface area contributed by atoms with Crippen LogP contribution in [-0.4, -0.2) is 22.2 Å². The van der Waals surface area contributed by atoms with Crippen molar-refractivity contribution in [2.24, 2.45) is 23.2 Å². The first-order valence-corrected chi connectivity index (χ1v) is 13.8. The van der Waals surface area contributed by atoms with E-state index in [9.17, 15) is 19.8 Å². The first-order chi connectivity index (χ1) is 15.3. The van der Waals surface area contributed by atoms with Crippen LogP contribution in [0.15, 0.2) is 0 Å². The van der Waals surface area contributed by atoms with Gasteiger partial charge < -0.3 is 10.2 Å². The lowest BCUT2D eigenvalue weighted by molar-refractivity contribution is -0.161. The minimum Gasteiger partial charge on any atom is -0.481 e. The van der Waals surface area contributed by atoms with E-state index in [1.165, 1.54) is 64.2 Å². The molecule has 3 unspecified atom stereocenters. The third-order valence-electron chi connectivity index (χ3n) is 7.88. The van der Waals surface area contributed by atoms with E-state index in [0.717, 1.165) is 44.4 Å². The van der Waals surface area contributed by atoms with Crippen LogP contribution in [0.2, 0.25) is 0 Å². The van der Waals surface area contributed by atoms with Crippen LogP contribution >= 0.6 is 0 Å². The van der Waals surface area contributed by atoms with Crippen molar-refractivity contribution in [1.82, 2.24) is 0 Å². The Balaban J connectivity index is 2.54. The average Bonchev–Trinajstić information content (AvgIpc) is 2.75. The molecule has 0 aromatic rings. The summed E-state index contributed by atoms with van der Waals surface area (Å²) in [5.74, 6) is -1.04. The lowest BCUT2D eigenvalue weighted by atomic mass is 9.59. The number of rotatable bonds is 19. The van der Waals surface area contributed by atoms with E-state index >= 15 is 0 Å². The predicted octanol–water partition coefficient (Wildman–Crippen LogP) is 8.48. The fourth-order valence-electron chi connectivity index (χ4n) is 5.71. The Morgan fingerprint density at radius 1 is 0.844 bits per heavy atom. The Kier molecular flexibility index (Phi) is 15.0. The summed E-state index contributed by atoms with van der Waals surface area (Å²) < 4.78 is 0. The highest BCUT2D eigenvalue weighted by atomic mass is 16.4. The highest BCUT2D eigenvalue weighted by Crippen LogP contribution is 2.49. The molecule has 188 valence electrons. The molecule has 0 aromatic carbocycles. The lowest BCUT2D eigenvalue weighted by Gasteiger charge is -2.43. The highest BCUT2D eigenvalue weighted by molar-refractivity contribution is 5.76. The van der Waals surface area contributed by atoms with Gasteiger partial charge in [0.1, 0.15) is 0 Å². The number of hydrogen-bond acceptors (Lipinski definition) is 2. The molecular weight excluding hydrogens is 400 g/mol. The summed E-state index contributed by atoms with van der Waals surface area (Å²) in [5.41, 5.74) is -0.704. The highest BCUT2D eigenvalue weighted by Gasteiger charge is 2.49. The summed E-state index contributed by atoms with van der Waals surface area (Å²) in [6.07, 6.45) is 20.1. The van der Waals surface area contributed by atoms with Gasteiger partial charge >= 0.3 is 11.9 Å². The van der Waals surface area contributed by atoms with Gasteiger partial charge in [-0.05, 0) is 43.9 Å². The normalized spacial score (nSPS) is 23.5. The quantitative estimate of drug-likeness (QED) is 0.193. The van der Waals surface area contributed by atoms with E-state index in [2.05, 4.69) is 20.8 Å². The second-order valence-corrected chi connectivity index (χ2v) is 10.9. The zero-order valence-electron chi connectivity index (χ0n) is 21.4. The van der Waals surface area contributed by atoms with Gasteiger partial charge in [-0.2, -0.15) is 0 Å². The third kappa shape index (κ3) is 10.7. The molecule has 0 saturated heterocycles. The number of unbranched alkanes of at least 4 members (excludes halogenated alkanes) is 11. The van der Waals surface area contributed by atoms with E-state index in [1.54, 1.807) is 0 Å². The molecule has 0 spiro atoms. The molecule has 1 rings (SSSR count). The summed E-state index contributed by atoms with van der Waals surface area (Å²) >= 11 is 0. The van der Waals surface area contributed by atoms with Crippen molar-refractivity contribution in [3.63, 3.8) is 0 Å². The molecule has 4 nitrogen and oxygen atoms in total. The van der Waals surface area contributed by atoms with Crippen LogP contribution in [0.4, 0.5) is 0 Å². The van der Waals surface area contributed by atoms with E-state index in [-0.39, 0.29) is 11.8 Å². The van der Waals surface area contributed by atoms with Crippen molar-refractivity contribution in [2.45, 2.75) is 143 Å². The molecule has 0 heterocycles. The largest absolute Gasteiger partial charge is 0.481 e. The van der Waals surface area contributed by atoms with E-state index < -0.39 is 17.4 Å². The number of carboxylic acid groups (broad SMARTS) is 2. The van der Waals surface area contributed by atoms with Crippen molar-refractivity contribution >= 4 is 11.9 Å². The molecule has 1 aliphatic carbocycles. The topological polar surface area (TPSA) is 74.6 Å². The van der Waals surface area contributed by atoms with Crippen molar-refractivity contribution in [3.8, 4) is 0 Å². The number of aliphatic carboxylic acids is 2. The Labute approximate surface area is 197 Å². The van der Waals surface area contributed by atoms with Crippen molar-refractivity contribution in [1.29, 1.82) is 0 Å². The Morgan fingerprint density at radius 2 is 1.41 bits per heavy atom. The minimum absolute atomic E-state index is 0.00932. The fraction of sp³-hybridized carbons (Fsp3) is 0.929. The molecule has 3 atom stereocenters. The summed E-state index contributed by atoms with van der Waals surface area (Å²) in [4.78, 5) is 24.1. The molecule has 0 bridgehead atoms. The Bertz CT molecular complexity index is 516. The molecular formula is C28H52O4. The van der Waals surface area contributed by atoms with E-state index in [4.69, 9.17) is 0 Å². The van der Waals surface area contributed by atoms with Crippen molar-refractivity contribution in [2.75, 3.05) is 0 Å². The van der Waals surface area contributed by atoms with Gasteiger partial charge in [0.15, 0.2) is 0 Å². The summed E-state index contributed by atoms with van der Waals surface area (Å²) in [7, 11) is 0. The molecule has 1 fully saturated rings. The van der Waals surface area contributed by atoms with Crippen molar-refractivity contribution < 1.29 is 19.8 Å². The molecule has 2 N–H and O–H groups in total. The molecule has 0 aromatic heterocycles. The van der Waals surface area contributed by atoms with E-state index in [0.29, 0.717) is 19.3 Å². The number of carbonyl (C=O) groups is 2. The maximum atomic E-state index is 12.5. The van der Waals surface area contributed by atoms with Gasteiger partial charge in [0, 0.05) is 0 Å². The zero-order valence-corrected chi connectivity index (χ0v) is 21.4. The van der Waals surface area contributed by atoms with Gasteiger partial charge in [-0.25, -0.2) is 0 Å². The zero-order chi connectivity index (χ0) is 23.8. The first kappa shape index (κ1) is 29.0. The maximum Gasteiger partial charge on any atom is 0.309 e. The van der Waals surface area contributed by atoms with Crippen LogP contribution in [0.25, 0.3) is 0 Å². The minimum atomic E-state index is -0.741. The van der Waals surface area contributed by atoms with Gasteiger partial charge in [-0.1, -0.05) is 111 Å². The van der Waals surface area contributed by atoms with Gasteiger partial charge in [0.2, 0.25) is 0 Å². The van der Waals surface area contributed by atoms with Gasteiger partial charge in [0.05, 0.1) is 11.3 Å². The number of carboxylic acids is 2. The maximum absolute atomic E-state index is 12.5. The standard InChI is InChI=1S/C28H52O4/c1-4-5-6-7-8-9-10-11-15-18-25-22-24(26(29)30)19-21-28(25,27(31)32)20-16-13-12-14-17-23(2)3/h23-25H,4-22H2,1-3H3,(H,29,30)(H,31,32). The molecule has 1 aliphatic rings. The second kappa shape index (κ2) is 16.5. The van der Waals surface area contributed by atoms with Gasteiger partial charge in [-0.3, -0.25) is 9.59 Å². The Hall–Kier alpha value is -1.06.